The van der Waals surface area contributed by atoms with Crippen molar-refractivity contribution in [2.75, 3.05) is 25.0 Å². The topological polar surface area (TPSA) is 96.0 Å². The molecule has 128 valence electrons. The number of hydrogen-bond donors (Lipinski definition) is 2. The van der Waals surface area contributed by atoms with Crippen LogP contribution in [0, 0.1) is 0 Å². The first-order valence-corrected chi connectivity index (χ1v) is 8.12. The Labute approximate surface area is 144 Å². The lowest BCUT2D eigenvalue weighted by molar-refractivity contribution is 0.0957. The number of fused-ring (bicyclic) bond motifs is 1. The minimum Gasteiger partial charge on any atom is -0.488 e. The van der Waals surface area contributed by atoms with E-state index < -0.39 is 0 Å². The van der Waals surface area contributed by atoms with Crippen molar-refractivity contribution in [3.63, 3.8) is 0 Å². The second-order valence-electron chi connectivity index (χ2n) is 5.87. The zero-order chi connectivity index (χ0) is 17.2. The van der Waals surface area contributed by atoms with Crippen LogP contribution in [0.3, 0.4) is 0 Å². The van der Waals surface area contributed by atoms with Crippen molar-refractivity contribution in [2.45, 2.75) is 12.5 Å². The molecule has 0 spiro atoms. The van der Waals surface area contributed by atoms with E-state index >= 15 is 0 Å². The summed E-state index contributed by atoms with van der Waals surface area (Å²) in [4.78, 5) is 29.7. The number of amides is 1. The van der Waals surface area contributed by atoms with Gasteiger partial charge in [0.05, 0.1) is 11.9 Å². The highest BCUT2D eigenvalue weighted by molar-refractivity contribution is 5.92. The van der Waals surface area contributed by atoms with Gasteiger partial charge in [-0.3, -0.25) is 9.78 Å². The first-order chi connectivity index (χ1) is 12.2. The predicted molar refractivity (Wildman–Crippen MR) is 92.8 cm³/mol. The largest absolute Gasteiger partial charge is 0.488 e. The standard InChI is InChI=1S/C17H18N6O2/c1-18-17(24)14-8-11(2-5-19-14)25-12-4-7-23(9-12)16-13-3-6-20-15(13)21-10-22-16/h2-3,5-6,8,10,12H,4,7,9H2,1H3,(H,18,24)(H,20,21,22). The van der Waals surface area contributed by atoms with Crippen molar-refractivity contribution >= 4 is 22.8 Å². The summed E-state index contributed by atoms with van der Waals surface area (Å²) < 4.78 is 6.04. The van der Waals surface area contributed by atoms with Gasteiger partial charge in [-0.2, -0.15) is 0 Å². The molecule has 3 aromatic heterocycles. The lowest BCUT2D eigenvalue weighted by atomic mass is 10.3. The molecule has 0 bridgehead atoms. The molecule has 1 aliphatic heterocycles. The predicted octanol–water partition coefficient (Wildman–Crippen LogP) is 1.37. The van der Waals surface area contributed by atoms with Crippen molar-refractivity contribution in [3.8, 4) is 5.75 Å². The fourth-order valence-corrected chi connectivity index (χ4v) is 3.06. The molecule has 4 rings (SSSR count). The molecular formula is C17H18N6O2. The summed E-state index contributed by atoms with van der Waals surface area (Å²) in [5, 5.41) is 3.57. The van der Waals surface area contributed by atoms with Crippen molar-refractivity contribution in [3.05, 3.63) is 42.6 Å². The third kappa shape index (κ3) is 2.98. The summed E-state index contributed by atoms with van der Waals surface area (Å²) in [6.45, 7) is 1.59. The van der Waals surface area contributed by atoms with Crippen LogP contribution < -0.4 is 15.0 Å². The smallest absolute Gasteiger partial charge is 0.269 e. The normalized spacial score (nSPS) is 17.0. The number of H-pyrrole nitrogens is 1. The third-order valence-corrected chi connectivity index (χ3v) is 4.27. The highest BCUT2D eigenvalue weighted by Crippen LogP contribution is 2.27. The van der Waals surface area contributed by atoms with Crippen molar-refractivity contribution in [1.29, 1.82) is 0 Å². The molecule has 1 saturated heterocycles. The highest BCUT2D eigenvalue weighted by atomic mass is 16.5. The molecule has 8 heteroatoms. The van der Waals surface area contributed by atoms with Crippen LogP contribution in [0.2, 0.25) is 0 Å². The molecule has 3 aromatic rings. The Bertz CT molecular complexity index is 909. The van der Waals surface area contributed by atoms with Crippen LogP contribution in [-0.2, 0) is 0 Å². The van der Waals surface area contributed by atoms with Gasteiger partial charge in [-0.1, -0.05) is 0 Å². The Hall–Kier alpha value is -3.16. The van der Waals surface area contributed by atoms with E-state index in [9.17, 15) is 4.79 Å². The quantitative estimate of drug-likeness (QED) is 0.746. The van der Waals surface area contributed by atoms with Crippen LogP contribution in [0.5, 0.6) is 5.75 Å². The van der Waals surface area contributed by atoms with E-state index in [-0.39, 0.29) is 12.0 Å². The lowest BCUT2D eigenvalue weighted by Crippen LogP contribution is -2.25. The third-order valence-electron chi connectivity index (χ3n) is 4.27. The second kappa shape index (κ2) is 6.39. The van der Waals surface area contributed by atoms with Gasteiger partial charge in [0.25, 0.3) is 5.91 Å². The molecule has 0 radical (unpaired) electrons. The molecule has 1 aliphatic rings. The molecule has 1 atom stereocenters. The summed E-state index contributed by atoms with van der Waals surface area (Å²) in [5.41, 5.74) is 1.18. The molecule has 4 heterocycles. The number of ether oxygens (including phenoxy) is 1. The fourth-order valence-electron chi connectivity index (χ4n) is 3.06. The maximum atomic E-state index is 11.7. The van der Waals surface area contributed by atoms with Crippen LogP contribution in [0.15, 0.2) is 36.9 Å². The van der Waals surface area contributed by atoms with E-state index in [1.165, 1.54) is 0 Å². The number of nitrogens with zero attached hydrogens (tertiary/aromatic N) is 4. The number of rotatable bonds is 4. The van der Waals surface area contributed by atoms with Gasteiger partial charge in [-0.15, -0.1) is 0 Å². The summed E-state index contributed by atoms with van der Waals surface area (Å²) in [6, 6.07) is 5.41. The SMILES string of the molecule is CNC(=O)c1cc(OC2CCN(c3ncnc4[nH]ccc34)C2)ccn1. The van der Waals surface area contributed by atoms with Crippen LogP contribution in [0.25, 0.3) is 11.0 Å². The van der Waals surface area contributed by atoms with E-state index in [4.69, 9.17) is 4.74 Å². The number of carbonyl (C=O) groups excluding carboxylic acids is 1. The average molecular weight is 338 g/mol. The van der Waals surface area contributed by atoms with Gasteiger partial charge in [0, 0.05) is 38.5 Å². The number of pyridine rings is 1. The zero-order valence-corrected chi connectivity index (χ0v) is 13.8. The number of aromatic amines is 1. The van der Waals surface area contributed by atoms with Crippen LogP contribution >= 0.6 is 0 Å². The van der Waals surface area contributed by atoms with E-state index in [0.29, 0.717) is 11.4 Å². The van der Waals surface area contributed by atoms with Gasteiger partial charge in [0.2, 0.25) is 0 Å². The number of aromatic nitrogens is 4. The Morgan fingerprint density at radius 1 is 1.36 bits per heavy atom. The summed E-state index contributed by atoms with van der Waals surface area (Å²) in [5.74, 6) is 1.34. The molecule has 0 aromatic carbocycles. The maximum Gasteiger partial charge on any atom is 0.269 e. The highest BCUT2D eigenvalue weighted by Gasteiger charge is 2.26. The fraction of sp³-hybridized carbons (Fsp3) is 0.294. The summed E-state index contributed by atoms with van der Waals surface area (Å²) in [7, 11) is 1.58. The Morgan fingerprint density at radius 3 is 3.16 bits per heavy atom. The summed E-state index contributed by atoms with van der Waals surface area (Å²) >= 11 is 0. The van der Waals surface area contributed by atoms with E-state index in [1.54, 1.807) is 31.7 Å². The molecule has 1 unspecified atom stereocenters. The second-order valence-corrected chi connectivity index (χ2v) is 5.87. The van der Waals surface area contributed by atoms with E-state index in [0.717, 1.165) is 36.4 Å². The molecule has 25 heavy (non-hydrogen) atoms. The first kappa shape index (κ1) is 15.4. The molecule has 0 aliphatic carbocycles. The van der Waals surface area contributed by atoms with Gasteiger partial charge >= 0.3 is 0 Å². The van der Waals surface area contributed by atoms with Gasteiger partial charge in [0.1, 0.15) is 35.3 Å². The van der Waals surface area contributed by atoms with Gasteiger partial charge < -0.3 is 19.9 Å². The van der Waals surface area contributed by atoms with Crippen molar-refractivity contribution in [1.82, 2.24) is 25.3 Å². The van der Waals surface area contributed by atoms with Crippen LogP contribution in [0.1, 0.15) is 16.9 Å². The number of carbonyl (C=O) groups is 1. The Morgan fingerprint density at radius 2 is 2.28 bits per heavy atom. The zero-order valence-electron chi connectivity index (χ0n) is 13.8. The Kier molecular flexibility index (Phi) is 3.93. The average Bonchev–Trinajstić information content (AvgIpc) is 3.30. The number of nitrogens with one attached hydrogen (secondary N) is 2. The Balaban J connectivity index is 1.48. The van der Waals surface area contributed by atoms with Gasteiger partial charge in [0.15, 0.2) is 0 Å². The number of anilines is 1. The minimum absolute atomic E-state index is 0.0314. The molecule has 1 fully saturated rings. The lowest BCUT2D eigenvalue weighted by Gasteiger charge is -2.18. The van der Waals surface area contributed by atoms with Crippen molar-refractivity contribution in [2.24, 2.45) is 0 Å². The molecule has 0 saturated carbocycles. The molecular weight excluding hydrogens is 320 g/mol. The monoisotopic (exact) mass is 338 g/mol. The van der Waals surface area contributed by atoms with E-state index in [1.807, 2.05) is 12.3 Å². The molecule has 2 N–H and O–H groups in total. The summed E-state index contributed by atoms with van der Waals surface area (Å²) in [6.07, 6.45) is 5.93. The van der Waals surface area contributed by atoms with E-state index in [2.05, 4.69) is 30.2 Å². The maximum absolute atomic E-state index is 11.7. The van der Waals surface area contributed by atoms with Crippen LogP contribution in [-0.4, -0.2) is 52.1 Å². The minimum atomic E-state index is -0.227. The molecule has 8 nitrogen and oxygen atoms in total. The van der Waals surface area contributed by atoms with Crippen molar-refractivity contribution < 1.29 is 9.53 Å². The van der Waals surface area contributed by atoms with Gasteiger partial charge in [-0.05, 0) is 12.1 Å². The molecule has 1 amide bonds. The van der Waals surface area contributed by atoms with Crippen LogP contribution in [0.4, 0.5) is 5.82 Å². The first-order valence-electron chi connectivity index (χ1n) is 8.12. The number of hydrogen-bond acceptors (Lipinski definition) is 6. The van der Waals surface area contributed by atoms with Gasteiger partial charge in [-0.25, -0.2) is 9.97 Å².